The molecule has 1 aromatic rings. The van der Waals surface area contributed by atoms with E-state index in [-0.39, 0.29) is 18.6 Å². The molecule has 0 atom stereocenters. The number of rotatable bonds is 4. The number of piperidine rings is 1. The summed E-state index contributed by atoms with van der Waals surface area (Å²) < 4.78 is 80.0. The summed E-state index contributed by atoms with van der Waals surface area (Å²) in [7, 11) is 0. The maximum atomic E-state index is 12.7. The van der Waals surface area contributed by atoms with Crippen LogP contribution in [0.3, 0.4) is 0 Å². The second kappa shape index (κ2) is 9.03. The van der Waals surface area contributed by atoms with Gasteiger partial charge in [0.2, 0.25) is 5.91 Å². The summed E-state index contributed by atoms with van der Waals surface area (Å²) in [5.74, 6) is -0.534. The van der Waals surface area contributed by atoms with E-state index in [2.05, 4.69) is 9.64 Å². The van der Waals surface area contributed by atoms with Crippen molar-refractivity contribution in [2.45, 2.75) is 63.1 Å². The van der Waals surface area contributed by atoms with Gasteiger partial charge in [-0.1, -0.05) is 12.1 Å². The monoisotopic (exact) mass is 481 g/mol. The topological polar surface area (TPSA) is 75.9 Å². The van der Waals surface area contributed by atoms with Crippen LogP contribution in [0, 0.1) is 6.92 Å². The van der Waals surface area contributed by atoms with Crippen LogP contribution in [0.2, 0.25) is 0 Å². The van der Waals surface area contributed by atoms with E-state index in [4.69, 9.17) is 5.73 Å². The lowest BCUT2D eigenvalue weighted by atomic mass is 9.84. The Hall–Kier alpha value is -2.50. The molecule has 1 spiro atoms. The first kappa shape index (κ1) is 25.1. The number of likely N-dealkylation sites (tertiary alicyclic amines) is 2. The molecule has 2 fully saturated rings. The third-order valence-corrected chi connectivity index (χ3v) is 6.45. The zero-order valence-electron chi connectivity index (χ0n) is 17.9. The van der Waals surface area contributed by atoms with Gasteiger partial charge >= 0.3 is 18.4 Å². The predicted molar refractivity (Wildman–Crippen MR) is 105 cm³/mol. The first-order valence-electron chi connectivity index (χ1n) is 10.5. The summed E-state index contributed by atoms with van der Waals surface area (Å²) in [6.45, 7) is 3.00. The smallest absolute Gasteiger partial charge is 0.426 e. The van der Waals surface area contributed by atoms with Crippen molar-refractivity contribution < 1.29 is 40.7 Å². The van der Waals surface area contributed by atoms with E-state index in [0.29, 0.717) is 24.9 Å². The van der Waals surface area contributed by atoms with Gasteiger partial charge in [0.25, 0.3) is 6.10 Å². The molecule has 6 nitrogen and oxygen atoms in total. The van der Waals surface area contributed by atoms with E-state index in [1.165, 1.54) is 0 Å². The van der Waals surface area contributed by atoms with Gasteiger partial charge in [-0.25, -0.2) is 4.79 Å². The minimum absolute atomic E-state index is 0.0157. The minimum atomic E-state index is -5.75. The minimum Gasteiger partial charge on any atom is -0.426 e. The number of nitrogens with zero attached hydrogens (tertiary/aromatic N) is 2. The van der Waals surface area contributed by atoms with E-state index in [1.807, 2.05) is 6.07 Å². The van der Waals surface area contributed by atoms with Gasteiger partial charge < -0.3 is 15.4 Å². The highest BCUT2D eigenvalue weighted by Crippen LogP contribution is 2.40. The Morgan fingerprint density at radius 2 is 1.67 bits per heavy atom. The van der Waals surface area contributed by atoms with Crippen molar-refractivity contribution in [3.63, 3.8) is 0 Å². The molecule has 184 valence electrons. The normalized spacial score (nSPS) is 19.3. The number of primary amides is 1. The number of benzene rings is 1. The van der Waals surface area contributed by atoms with E-state index >= 15 is 0 Å². The maximum absolute atomic E-state index is 12.7. The fourth-order valence-electron chi connectivity index (χ4n) is 4.66. The summed E-state index contributed by atoms with van der Waals surface area (Å²) in [5.41, 5.74) is 7.13. The Balaban J connectivity index is 1.65. The number of nitrogens with two attached hydrogens (primary N) is 1. The van der Waals surface area contributed by atoms with Crippen LogP contribution in [-0.4, -0.2) is 65.4 Å². The molecule has 2 aliphatic heterocycles. The van der Waals surface area contributed by atoms with E-state index in [1.54, 1.807) is 19.1 Å². The Morgan fingerprint density at radius 3 is 2.21 bits per heavy atom. The van der Waals surface area contributed by atoms with Crippen molar-refractivity contribution in [2.75, 3.05) is 19.6 Å². The average Bonchev–Trinajstić information content (AvgIpc) is 3.07. The van der Waals surface area contributed by atoms with Gasteiger partial charge in [0.15, 0.2) is 0 Å². The summed E-state index contributed by atoms with van der Waals surface area (Å²) >= 11 is 0. The van der Waals surface area contributed by atoms with E-state index < -0.39 is 30.5 Å². The molecule has 0 aliphatic carbocycles. The number of amides is 2. The molecular formula is C21H25F6N3O3. The molecule has 2 amide bonds. The molecule has 2 aliphatic rings. The van der Waals surface area contributed by atoms with Gasteiger partial charge in [-0.3, -0.25) is 9.69 Å². The van der Waals surface area contributed by atoms with E-state index in [0.717, 1.165) is 35.4 Å². The van der Waals surface area contributed by atoms with Gasteiger partial charge in [0.05, 0.1) is 0 Å². The first-order chi connectivity index (χ1) is 15.2. The molecular weight excluding hydrogens is 456 g/mol. The fraction of sp³-hybridized carbons (Fsp3) is 0.619. The van der Waals surface area contributed by atoms with Gasteiger partial charge in [-0.15, -0.1) is 0 Å². The molecule has 2 heterocycles. The van der Waals surface area contributed by atoms with Gasteiger partial charge in [-0.05, 0) is 56.3 Å². The summed E-state index contributed by atoms with van der Waals surface area (Å²) in [6, 6.07) is 5.41. The van der Waals surface area contributed by atoms with Crippen LogP contribution >= 0.6 is 0 Å². The zero-order valence-corrected chi connectivity index (χ0v) is 17.9. The van der Waals surface area contributed by atoms with Crippen LogP contribution in [0.25, 0.3) is 0 Å². The first-order valence-corrected chi connectivity index (χ1v) is 10.5. The van der Waals surface area contributed by atoms with Crippen LogP contribution in [0.1, 0.15) is 47.2 Å². The second-order valence-electron chi connectivity index (χ2n) is 8.60. The van der Waals surface area contributed by atoms with Crippen LogP contribution in [0.5, 0.6) is 0 Å². The van der Waals surface area contributed by atoms with Crippen LogP contribution in [-0.2, 0) is 11.3 Å². The molecule has 1 aromatic carbocycles. The summed E-state index contributed by atoms with van der Waals surface area (Å²) in [4.78, 5) is 26.8. The molecule has 0 bridgehead atoms. The Morgan fingerprint density at radius 1 is 1.06 bits per heavy atom. The zero-order chi connectivity index (χ0) is 24.6. The van der Waals surface area contributed by atoms with Crippen molar-refractivity contribution in [3.05, 3.63) is 34.9 Å². The summed E-state index contributed by atoms with van der Waals surface area (Å²) in [6.07, 6.45) is -14.8. The third-order valence-electron chi connectivity index (χ3n) is 6.45. The van der Waals surface area contributed by atoms with Gasteiger partial charge in [0, 0.05) is 30.7 Å². The maximum Gasteiger partial charge on any atom is 0.434 e. The molecule has 2 saturated heterocycles. The molecule has 33 heavy (non-hydrogen) atoms. The lowest BCUT2D eigenvalue weighted by Gasteiger charge is -2.45. The van der Waals surface area contributed by atoms with Crippen molar-refractivity contribution in [2.24, 2.45) is 5.73 Å². The number of carbonyl (C=O) groups is 2. The number of hydrogen-bond donors (Lipinski definition) is 1. The number of aryl methyl sites for hydroxylation is 1. The average molecular weight is 481 g/mol. The highest BCUT2D eigenvalue weighted by molar-refractivity contribution is 5.94. The van der Waals surface area contributed by atoms with Crippen LogP contribution in [0.4, 0.5) is 31.1 Å². The third kappa shape index (κ3) is 5.53. The number of hydrogen-bond acceptors (Lipinski definition) is 4. The standard InChI is InChI=1S/C21H25F6N3O3/c1-13-3-4-14(11-15(13)16(28)31)12-30-8-2-5-19(30)6-9-29(10-7-19)18(32)33-17(20(22,23)24)21(25,26)27/h3-4,11,17H,2,5-10,12H2,1H3,(H2,28,31). The second-order valence-corrected chi connectivity index (χ2v) is 8.60. The molecule has 2 N–H and O–H groups in total. The SMILES string of the molecule is Cc1ccc(CN2CCCC23CCN(C(=O)OC(C(F)(F)F)C(F)(F)F)CC3)cc1C(N)=O. The van der Waals surface area contributed by atoms with Crippen LogP contribution in [0.15, 0.2) is 18.2 Å². The number of halogens is 6. The van der Waals surface area contributed by atoms with Crippen molar-refractivity contribution in [1.82, 2.24) is 9.80 Å². The number of alkyl halides is 6. The van der Waals surface area contributed by atoms with Gasteiger partial charge in [0.1, 0.15) is 0 Å². The highest BCUT2D eigenvalue weighted by Gasteiger charge is 2.60. The largest absolute Gasteiger partial charge is 0.434 e. The molecule has 0 radical (unpaired) electrons. The fourth-order valence-corrected chi connectivity index (χ4v) is 4.66. The van der Waals surface area contributed by atoms with Crippen molar-refractivity contribution >= 4 is 12.0 Å². The lowest BCUT2D eigenvalue weighted by molar-refractivity contribution is -0.308. The lowest BCUT2D eigenvalue weighted by Crippen LogP contribution is -2.54. The summed E-state index contributed by atoms with van der Waals surface area (Å²) in [5, 5.41) is 0. The van der Waals surface area contributed by atoms with E-state index in [9.17, 15) is 35.9 Å². The Labute approximate surface area is 186 Å². The van der Waals surface area contributed by atoms with Gasteiger partial charge in [-0.2, -0.15) is 26.3 Å². The predicted octanol–water partition coefficient (Wildman–Crippen LogP) is 4.15. The quantitative estimate of drug-likeness (QED) is 0.656. The Bertz CT molecular complexity index is 880. The Kier molecular flexibility index (Phi) is 6.88. The van der Waals surface area contributed by atoms with Crippen LogP contribution < -0.4 is 5.73 Å². The number of ether oxygens (including phenoxy) is 1. The van der Waals surface area contributed by atoms with Crippen molar-refractivity contribution in [1.29, 1.82) is 0 Å². The highest BCUT2D eigenvalue weighted by atomic mass is 19.4. The van der Waals surface area contributed by atoms with Crippen molar-refractivity contribution in [3.8, 4) is 0 Å². The number of carbonyl (C=O) groups excluding carboxylic acids is 2. The molecule has 12 heteroatoms. The molecule has 3 rings (SSSR count). The molecule has 0 aromatic heterocycles. The molecule has 0 unspecified atom stereocenters. The molecule has 0 saturated carbocycles.